The van der Waals surface area contributed by atoms with Crippen LogP contribution in [0.2, 0.25) is 0 Å². The number of carbonyl (C=O) groups is 2. The van der Waals surface area contributed by atoms with Crippen LogP contribution in [0.15, 0.2) is 53.4 Å². The molecule has 0 heterocycles. The van der Waals surface area contributed by atoms with Crippen LogP contribution >= 0.6 is 11.8 Å². The van der Waals surface area contributed by atoms with Gasteiger partial charge in [0.25, 0.3) is 5.91 Å². The Hall–Kier alpha value is -2.47. The van der Waals surface area contributed by atoms with E-state index in [2.05, 4.69) is 10.6 Å². The van der Waals surface area contributed by atoms with E-state index in [0.717, 1.165) is 10.5 Å². The lowest BCUT2D eigenvalue weighted by atomic mass is 10.2. The van der Waals surface area contributed by atoms with Gasteiger partial charge in [-0.3, -0.25) is 10.1 Å². The smallest absolute Gasteiger partial charge is 0.321 e. The summed E-state index contributed by atoms with van der Waals surface area (Å²) in [5.74, 6) is -0.520. The van der Waals surface area contributed by atoms with E-state index in [4.69, 9.17) is 5.73 Å². The Morgan fingerprint density at radius 3 is 2.50 bits per heavy atom. The predicted octanol–water partition coefficient (Wildman–Crippen LogP) is 2.63. The highest BCUT2D eigenvalue weighted by Crippen LogP contribution is 2.19. The Labute approximate surface area is 133 Å². The van der Waals surface area contributed by atoms with E-state index in [1.807, 2.05) is 30.5 Å². The lowest BCUT2D eigenvalue weighted by Gasteiger charge is -2.10. The van der Waals surface area contributed by atoms with Crippen molar-refractivity contribution in [2.75, 3.05) is 12.0 Å². The molecule has 0 saturated carbocycles. The Bertz CT molecular complexity index is 689. The molecule has 2 aromatic carbocycles. The number of para-hydroxylation sites is 1. The number of amides is 3. The van der Waals surface area contributed by atoms with Crippen LogP contribution in [0.25, 0.3) is 0 Å². The van der Waals surface area contributed by atoms with Crippen molar-refractivity contribution in [3.63, 3.8) is 0 Å². The molecule has 2 aromatic rings. The molecule has 114 valence electrons. The fourth-order valence-corrected chi connectivity index (χ4v) is 2.56. The second-order valence-corrected chi connectivity index (χ2v) is 5.38. The molecule has 4 N–H and O–H groups in total. The van der Waals surface area contributed by atoms with Crippen molar-refractivity contribution in [1.29, 1.82) is 0 Å². The quantitative estimate of drug-likeness (QED) is 0.598. The first-order valence-corrected chi connectivity index (χ1v) is 7.90. The maximum absolute atomic E-state index is 12.0. The molecular weight excluding hydrogens is 298 g/mol. The van der Waals surface area contributed by atoms with E-state index in [-0.39, 0.29) is 5.56 Å². The van der Waals surface area contributed by atoms with Crippen LogP contribution < -0.4 is 16.4 Å². The minimum Gasteiger partial charge on any atom is -0.398 e. The lowest BCUT2D eigenvalue weighted by molar-refractivity contribution is 0.0965. The van der Waals surface area contributed by atoms with Crippen LogP contribution in [-0.2, 0) is 6.54 Å². The number of rotatable bonds is 4. The third-order valence-electron chi connectivity index (χ3n) is 3.06. The number of benzene rings is 2. The number of urea groups is 1. The average molecular weight is 315 g/mol. The van der Waals surface area contributed by atoms with E-state index in [0.29, 0.717) is 12.2 Å². The Morgan fingerprint density at radius 1 is 1.09 bits per heavy atom. The average Bonchev–Trinajstić information content (AvgIpc) is 2.53. The molecule has 0 aliphatic heterocycles. The summed E-state index contributed by atoms with van der Waals surface area (Å²) < 4.78 is 0. The molecular formula is C16H17N3O2S. The van der Waals surface area contributed by atoms with Gasteiger partial charge in [0.2, 0.25) is 0 Å². The molecule has 2 rings (SSSR count). The lowest BCUT2D eigenvalue weighted by Crippen LogP contribution is -2.39. The monoisotopic (exact) mass is 315 g/mol. The summed E-state index contributed by atoms with van der Waals surface area (Å²) in [6, 6.07) is 13.8. The van der Waals surface area contributed by atoms with Crippen LogP contribution in [0.5, 0.6) is 0 Å². The zero-order valence-corrected chi connectivity index (χ0v) is 12.9. The number of hydrogen-bond acceptors (Lipinski definition) is 4. The number of nitrogen functional groups attached to an aromatic ring is 1. The van der Waals surface area contributed by atoms with Crippen molar-refractivity contribution in [1.82, 2.24) is 10.6 Å². The van der Waals surface area contributed by atoms with E-state index in [1.165, 1.54) is 0 Å². The van der Waals surface area contributed by atoms with Gasteiger partial charge in [-0.25, -0.2) is 4.79 Å². The van der Waals surface area contributed by atoms with Gasteiger partial charge in [0.05, 0.1) is 5.56 Å². The van der Waals surface area contributed by atoms with Gasteiger partial charge >= 0.3 is 6.03 Å². The number of carbonyl (C=O) groups excluding carboxylic acids is 2. The van der Waals surface area contributed by atoms with Crippen molar-refractivity contribution in [3.8, 4) is 0 Å². The zero-order chi connectivity index (χ0) is 15.9. The number of nitrogens with two attached hydrogens (primary N) is 1. The van der Waals surface area contributed by atoms with Gasteiger partial charge in [-0.15, -0.1) is 11.8 Å². The van der Waals surface area contributed by atoms with Gasteiger partial charge in [-0.2, -0.15) is 0 Å². The van der Waals surface area contributed by atoms with Crippen LogP contribution in [0, 0.1) is 0 Å². The molecule has 0 spiro atoms. The van der Waals surface area contributed by atoms with Crippen molar-refractivity contribution >= 4 is 29.4 Å². The van der Waals surface area contributed by atoms with Crippen molar-refractivity contribution in [2.45, 2.75) is 11.4 Å². The molecule has 22 heavy (non-hydrogen) atoms. The second kappa shape index (κ2) is 7.51. The fourth-order valence-electron chi connectivity index (χ4n) is 1.94. The van der Waals surface area contributed by atoms with Gasteiger partial charge in [0, 0.05) is 17.1 Å². The van der Waals surface area contributed by atoms with Crippen LogP contribution in [0.4, 0.5) is 10.5 Å². The van der Waals surface area contributed by atoms with Gasteiger partial charge in [-0.05, 0) is 30.0 Å². The molecule has 0 saturated heterocycles. The molecule has 3 amide bonds. The largest absolute Gasteiger partial charge is 0.398 e. The van der Waals surface area contributed by atoms with E-state index >= 15 is 0 Å². The molecule has 0 bridgehead atoms. The summed E-state index contributed by atoms with van der Waals surface area (Å²) in [5.41, 5.74) is 7.32. The van der Waals surface area contributed by atoms with Gasteiger partial charge in [-0.1, -0.05) is 30.3 Å². The topological polar surface area (TPSA) is 84.2 Å². The van der Waals surface area contributed by atoms with Crippen molar-refractivity contribution in [3.05, 3.63) is 59.7 Å². The van der Waals surface area contributed by atoms with Crippen LogP contribution in [0.1, 0.15) is 15.9 Å². The minimum atomic E-state index is -0.552. The predicted molar refractivity (Wildman–Crippen MR) is 88.8 cm³/mol. The SMILES string of the molecule is CSc1ccccc1CNC(=O)NC(=O)c1ccccc1N. The standard InChI is InChI=1S/C16H17N3O2S/c1-22-14-9-5-2-6-11(14)10-18-16(21)19-15(20)12-7-3-4-8-13(12)17/h2-9H,10,17H2,1H3,(H2,18,19,20,21). The minimum absolute atomic E-state index is 0.280. The summed E-state index contributed by atoms with van der Waals surface area (Å²) in [6.07, 6.45) is 1.97. The summed E-state index contributed by atoms with van der Waals surface area (Å²) in [4.78, 5) is 24.9. The Kier molecular flexibility index (Phi) is 5.43. The zero-order valence-electron chi connectivity index (χ0n) is 12.1. The highest BCUT2D eigenvalue weighted by molar-refractivity contribution is 7.98. The van der Waals surface area contributed by atoms with Crippen molar-refractivity contribution < 1.29 is 9.59 Å². The first-order valence-electron chi connectivity index (χ1n) is 6.67. The maximum atomic E-state index is 12.0. The number of nitrogens with one attached hydrogen (secondary N) is 2. The fraction of sp³-hybridized carbons (Fsp3) is 0.125. The molecule has 0 aromatic heterocycles. The molecule has 0 radical (unpaired) electrons. The molecule has 0 atom stereocenters. The third-order valence-corrected chi connectivity index (χ3v) is 3.90. The Balaban J connectivity index is 1.93. The van der Waals surface area contributed by atoms with Crippen molar-refractivity contribution in [2.24, 2.45) is 0 Å². The highest BCUT2D eigenvalue weighted by atomic mass is 32.2. The van der Waals surface area contributed by atoms with E-state index in [9.17, 15) is 9.59 Å². The number of imide groups is 1. The molecule has 0 aliphatic rings. The highest BCUT2D eigenvalue weighted by Gasteiger charge is 2.12. The number of thioether (sulfide) groups is 1. The summed E-state index contributed by atoms with van der Waals surface area (Å²) in [7, 11) is 0. The summed E-state index contributed by atoms with van der Waals surface area (Å²) >= 11 is 1.60. The summed E-state index contributed by atoms with van der Waals surface area (Å²) in [6.45, 7) is 0.348. The number of anilines is 1. The molecule has 0 fully saturated rings. The van der Waals surface area contributed by atoms with E-state index < -0.39 is 11.9 Å². The normalized spacial score (nSPS) is 10.0. The van der Waals surface area contributed by atoms with Gasteiger partial charge in [0.1, 0.15) is 0 Å². The molecule has 6 heteroatoms. The first kappa shape index (κ1) is 15.9. The summed E-state index contributed by atoms with van der Waals surface area (Å²) in [5, 5.41) is 4.94. The third kappa shape index (κ3) is 4.02. The second-order valence-electron chi connectivity index (χ2n) is 4.54. The van der Waals surface area contributed by atoms with E-state index in [1.54, 1.807) is 36.0 Å². The van der Waals surface area contributed by atoms with Gasteiger partial charge in [0.15, 0.2) is 0 Å². The van der Waals surface area contributed by atoms with Crippen LogP contribution in [-0.4, -0.2) is 18.2 Å². The first-order chi connectivity index (χ1) is 10.6. The molecule has 5 nitrogen and oxygen atoms in total. The Morgan fingerprint density at radius 2 is 1.77 bits per heavy atom. The molecule has 0 aliphatic carbocycles. The van der Waals surface area contributed by atoms with Gasteiger partial charge < -0.3 is 11.1 Å². The maximum Gasteiger partial charge on any atom is 0.321 e. The molecule has 0 unspecified atom stereocenters. The number of hydrogen-bond donors (Lipinski definition) is 3. The van der Waals surface area contributed by atoms with Crippen LogP contribution in [0.3, 0.4) is 0 Å².